The van der Waals surface area contributed by atoms with Crippen molar-refractivity contribution >= 4 is 10.0 Å². The number of sulfonamides is 1. The minimum Gasteiger partial charge on any atom is -0.262 e. The standard InChI is InChI=1S/C7H12N4O2S/c12-14(13,4-6-1-2-6)10-3-7-8-5-9-11-7/h5-6,10H,1-4H2,(H,8,9,11). The summed E-state index contributed by atoms with van der Waals surface area (Å²) in [6, 6.07) is 0. The summed E-state index contributed by atoms with van der Waals surface area (Å²) in [5.74, 6) is 1.13. The Hall–Kier alpha value is -0.950. The molecule has 0 unspecified atom stereocenters. The second-order valence-corrected chi connectivity index (χ2v) is 5.33. The van der Waals surface area contributed by atoms with Gasteiger partial charge < -0.3 is 0 Å². The number of nitrogens with one attached hydrogen (secondary N) is 2. The Morgan fingerprint density at radius 3 is 2.93 bits per heavy atom. The third kappa shape index (κ3) is 2.78. The molecule has 1 aromatic heterocycles. The van der Waals surface area contributed by atoms with Crippen LogP contribution < -0.4 is 4.72 Å². The molecule has 0 spiro atoms. The Morgan fingerprint density at radius 1 is 1.57 bits per heavy atom. The third-order valence-corrected chi connectivity index (χ3v) is 3.57. The van der Waals surface area contributed by atoms with Crippen LogP contribution in [0.2, 0.25) is 0 Å². The van der Waals surface area contributed by atoms with E-state index >= 15 is 0 Å². The molecule has 1 heterocycles. The molecule has 0 aromatic carbocycles. The molecule has 0 amide bonds. The van der Waals surface area contributed by atoms with Crippen molar-refractivity contribution in [2.75, 3.05) is 5.75 Å². The number of aromatic amines is 1. The van der Waals surface area contributed by atoms with E-state index in [0.29, 0.717) is 11.7 Å². The fourth-order valence-electron chi connectivity index (χ4n) is 1.15. The van der Waals surface area contributed by atoms with E-state index in [1.807, 2.05) is 0 Å². The molecule has 2 N–H and O–H groups in total. The van der Waals surface area contributed by atoms with Crippen LogP contribution >= 0.6 is 0 Å². The number of rotatable bonds is 5. The second-order valence-electron chi connectivity index (χ2n) is 3.48. The van der Waals surface area contributed by atoms with E-state index in [4.69, 9.17) is 0 Å². The molecule has 7 heteroatoms. The van der Waals surface area contributed by atoms with Crippen molar-refractivity contribution in [2.24, 2.45) is 5.92 Å². The predicted octanol–water partition coefficient (Wildman–Crippen LogP) is -0.366. The monoisotopic (exact) mass is 216 g/mol. The molecule has 78 valence electrons. The number of H-pyrrole nitrogens is 1. The van der Waals surface area contributed by atoms with Gasteiger partial charge in [-0.2, -0.15) is 5.10 Å². The fraction of sp³-hybridized carbons (Fsp3) is 0.714. The summed E-state index contributed by atoms with van der Waals surface area (Å²) in [6.45, 7) is 0.190. The van der Waals surface area contributed by atoms with Gasteiger partial charge in [0, 0.05) is 0 Å². The van der Waals surface area contributed by atoms with E-state index in [1.54, 1.807) is 0 Å². The lowest BCUT2D eigenvalue weighted by Crippen LogP contribution is -2.27. The quantitative estimate of drug-likeness (QED) is 0.703. The van der Waals surface area contributed by atoms with E-state index in [-0.39, 0.29) is 12.3 Å². The molecule has 6 nitrogen and oxygen atoms in total. The van der Waals surface area contributed by atoms with Crippen LogP contribution in [0, 0.1) is 5.92 Å². The molecule has 14 heavy (non-hydrogen) atoms. The van der Waals surface area contributed by atoms with Crippen LogP contribution in [0.4, 0.5) is 0 Å². The van der Waals surface area contributed by atoms with E-state index in [1.165, 1.54) is 6.33 Å². The summed E-state index contributed by atoms with van der Waals surface area (Å²) in [5, 5.41) is 6.22. The number of hydrogen-bond acceptors (Lipinski definition) is 4. The molecule has 1 aromatic rings. The maximum absolute atomic E-state index is 11.4. The van der Waals surface area contributed by atoms with E-state index < -0.39 is 10.0 Å². The zero-order valence-electron chi connectivity index (χ0n) is 7.60. The Morgan fingerprint density at radius 2 is 2.36 bits per heavy atom. The Labute approximate surface area is 82.2 Å². The van der Waals surface area contributed by atoms with Gasteiger partial charge in [-0.05, 0) is 18.8 Å². The minimum absolute atomic E-state index is 0.190. The van der Waals surface area contributed by atoms with Crippen molar-refractivity contribution in [1.82, 2.24) is 19.9 Å². The smallest absolute Gasteiger partial charge is 0.212 e. The van der Waals surface area contributed by atoms with E-state index in [2.05, 4.69) is 19.9 Å². The Balaban J connectivity index is 1.84. The van der Waals surface area contributed by atoms with Crippen LogP contribution in [0.5, 0.6) is 0 Å². The first-order chi connectivity index (χ1) is 6.66. The van der Waals surface area contributed by atoms with Crippen LogP contribution in [0.3, 0.4) is 0 Å². The van der Waals surface area contributed by atoms with Crippen molar-refractivity contribution in [3.8, 4) is 0 Å². The largest absolute Gasteiger partial charge is 0.262 e. The average Bonchev–Trinajstić information content (AvgIpc) is 2.78. The van der Waals surface area contributed by atoms with Crippen LogP contribution in [0.25, 0.3) is 0 Å². The lowest BCUT2D eigenvalue weighted by atomic mass is 10.5. The van der Waals surface area contributed by atoms with Gasteiger partial charge in [0.25, 0.3) is 0 Å². The molecular formula is C7H12N4O2S. The maximum atomic E-state index is 11.4. The Kier molecular flexibility index (Phi) is 2.51. The van der Waals surface area contributed by atoms with Crippen LogP contribution in [-0.4, -0.2) is 29.4 Å². The summed E-state index contributed by atoms with van der Waals surface area (Å²) in [6.07, 6.45) is 3.41. The van der Waals surface area contributed by atoms with E-state index in [9.17, 15) is 8.42 Å². The SMILES string of the molecule is O=S(=O)(CC1CC1)NCc1ncn[nH]1. The highest BCUT2D eigenvalue weighted by Crippen LogP contribution is 2.29. The summed E-state index contributed by atoms with van der Waals surface area (Å²) in [5.41, 5.74) is 0. The fourth-order valence-corrected chi connectivity index (χ4v) is 2.58. The zero-order valence-corrected chi connectivity index (χ0v) is 8.42. The lowest BCUT2D eigenvalue weighted by Gasteiger charge is -2.02. The van der Waals surface area contributed by atoms with Gasteiger partial charge in [-0.25, -0.2) is 18.1 Å². The molecule has 1 aliphatic carbocycles. The number of nitrogens with zero attached hydrogens (tertiary/aromatic N) is 2. The second kappa shape index (κ2) is 3.66. The van der Waals surface area contributed by atoms with Gasteiger partial charge in [0.15, 0.2) is 0 Å². The molecule has 0 saturated heterocycles. The van der Waals surface area contributed by atoms with Gasteiger partial charge in [-0.1, -0.05) is 0 Å². The summed E-state index contributed by atoms with van der Waals surface area (Å²) in [7, 11) is -3.13. The normalized spacial score (nSPS) is 17.1. The number of hydrogen-bond donors (Lipinski definition) is 2. The van der Waals surface area contributed by atoms with Crippen LogP contribution in [0.1, 0.15) is 18.7 Å². The summed E-state index contributed by atoms with van der Waals surface area (Å²) in [4.78, 5) is 3.82. The van der Waals surface area contributed by atoms with Gasteiger partial charge >= 0.3 is 0 Å². The lowest BCUT2D eigenvalue weighted by molar-refractivity contribution is 0.575. The molecule has 1 aliphatic rings. The van der Waals surface area contributed by atoms with Gasteiger partial charge in [-0.3, -0.25) is 5.10 Å². The first-order valence-electron chi connectivity index (χ1n) is 4.47. The van der Waals surface area contributed by atoms with Gasteiger partial charge in [0.1, 0.15) is 12.2 Å². The van der Waals surface area contributed by atoms with Gasteiger partial charge in [-0.15, -0.1) is 0 Å². The Bertz CT molecular complexity index is 382. The third-order valence-electron chi connectivity index (χ3n) is 2.08. The first kappa shape index (κ1) is 9.60. The molecular weight excluding hydrogens is 204 g/mol. The van der Waals surface area contributed by atoms with Crippen LogP contribution in [0.15, 0.2) is 6.33 Å². The first-order valence-corrected chi connectivity index (χ1v) is 6.12. The van der Waals surface area contributed by atoms with Gasteiger partial charge in [0.2, 0.25) is 10.0 Å². The predicted molar refractivity (Wildman–Crippen MR) is 49.7 cm³/mol. The van der Waals surface area contributed by atoms with Crippen LogP contribution in [-0.2, 0) is 16.6 Å². The molecule has 1 saturated carbocycles. The van der Waals surface area contributed by atoms with Crippen molar-refractivity contribution in [2.45, 2.75) is 19.4 Å². The van der Waals surface area contributed by atoms with Gasteiger partial charge in [0.05, 0.1) is 12.3 Å². The maximum Gasteiger partial charge on any atom is 0.212 e. The molecule has 0 radical (unpaired) electrons. The molecule has 0 aliphatic heterocycles. The van der Waals surface area contributed by atoms with Crippen molar-refractivity contribution in [3.05, 3.63) is 12.2 Å². The average molecular weight is 216 g/mol. The molecule has 1 fully saturated rings. The highest BCUT2D eigenvalue weighted by atomic mass is 32.2. The summed E-state index contributed by atoms with van der Waals surface area (Å²) >= 11 is 0. The van der Waals surface area contributed by atoms with Crippen molar-refractivity contribution in [1.29, 1.82) is 0 Å². The zero-order chi connectivity index (χ0) is 10.0. The highest BCUT2D eigenvalue weighted by Gasteiger charge is 2.27. The summed E-state index contributed by atoms with van der Waals surface area (Å²) < 4.78 is 25.3. The number of aromatic nitrogens is 3. The van der Waals surface area contributed by atoms with E-state index in [0.717, 1.165) is 12.8 Å². The molecule has 0 bridgehead atoms. The molecule has 0 atom stereocenters. The topological polar surface area (TPSA) is 87.7 Å². The van der Waals surface area contributed by atoms with Crippen molar-refractivity contribution < 1.29 is 8.42 Å². The molecule has 2 rings (SSSR count). The minimum atomic E-state index is -3.13. The van der Waals surface area contributed by atoms with Crippen molar-refractivity contribution in [3.63, 3.8) is 0 Å². The highest BCUT2D eigenvalue weighted by molar-refractivity contribution is 7.89.